The fraction of sp³-hybridized carbons (Fsp3) is 0.727. The van der Waals surface area contributed by atoms with Crippen molar-refractivity contribution >= 4 is 0 Å². The minimum atomic E-state index is 0.561. The lowest BCUT2D eigenvalue weighted by molar-refractivity contribution is 0.424. The third kappa shape index (κ3) is 2.84. The minimum Gasteiger partial charge on any atom is -0.311 e. The number of hydrogen-bond acceptors (Lipinski definition) is 2. The number of rotatable bonds is 6. The van der Waals surface area contributed by atoms with Crippen molar-refractivity contribution in [2.45, 2.75) is 46.2 Å². The summed E-state index contributed by atoms with van der Waals surface area (Å²) >= 11 is 0. The fourth-order valence-electron chi connectivity index (χ4n) is 1.59. The standard InChI is InChI=1S/C11H21N3/c1-4-11(5-2)14-8-7-10(13-14)9-12-6-3/h7-8,11-12H,4-6,9H2,1-3H3. The van der Waals surface area contributed by atoms with Crippen LogP contribution in [0.4, 0.5) is 0 Å². The molecule has 3 nitrogen and oxygen atoms in total. The summed E-state index contributed by atoms with van der Waals surface area (Å²) < 4.78 is 2.09. The smallest absolute Gasteiger partial charge is 0.0762 e. The van der Waals surface area contributed by atoms with Crippen molar-refractivity contribution in [1.29, 1.82) is 0 Å². The van der Waals surface area contributed by atoms with Crippen LogP contribution >= 0.6 is 0 Å². The van der Waals surface area contributed by atoms with Crippen LogP contribution in [0.25, 0.3) is 0 Å². The number of hydrogen-bond donors (Lipinski definition) is 1. The van der Waals surface area contributed by atoms with Crippen molar-refractivity contribution in [3.05, 3.63) is 18.0 Å². The Kier molecular flexibility index (Phi) is 4.66. The molecule has 0 aliphatic heterocycles. The van der Waals surface area contributed by atoms with Crippen LogP contribution in [-0.2, 0) is 6.54 Å². The van der Waals surface area contributed by atoms with Crippen LogP contribution < -0.4 is 5.32 Å². The van der Waals surface area contributed by atoms with Crippen molar-refractivity contribution in [1.82, 2.24) is 15.1 Å². The Bertz CT molecular complexity index is 251. The van der Waals surface area contributed by atoms with E-state index in [4.69, 9.17) is 0 Å². The van der Waals surface area contributed by atoms with E-state index in [0.29, 0.717) is 6.04 Å². The normalized spacial score (nSPS) is 11.1. The van der Waals surface area contributed by atoms with Gasteiger partial charge in [-0.1, -0.05) is 20.8 Å². The molecule has 1 N–H and O–H groups in total. The van der Waals surface area contributed by atoms with Crippen LogP contribution in [0.15, 0.2) is 12.3 Å². The van der Waals surface area contributed by atoms with E-state index in [1.165, 1.54) is 0 Å². The number of aromatic nitrogens is 2. The lowest BCUT2D eigenvalue weighted by atomic mass is 10.2. The first kappa shape index (κ1) is 11.2. The quantitative estimate of drug-likeness (QED) is 0.755. The third-order valence-corrected chi connectivity index (χ3v) is 2.54. The molecule has 1 aromatic heterocycles. The Labute approximate surface area is 86.5 Å². The highest BCUT2D eigenvalue weighted by Crippen LogP contribution is 2.14. The second-order valence-corrected chi connectivity index (χ2v) is 3.54. The highest BCUT2D eigenvalue weighted by atomic mass is 15.3. The molecule has 1 rings (SSSR count). The average molecular weight is 195 g/mol. The molecule has 14 heavy (non-hydrogen) atoms. The maximum atomic E-state index is 4.54. The van der Waals surface area contributed by atoms with Gasteiger partial charge in [-0.15, -0.1) is 0 Å². The molecule has 0 unspecified atom stereocenters. The van der Waals surface area contributed by atoms with E-state index in [-0.39, 0.29) is 0 Å². The first-order valence-corrected chi connectivity index (χ1v) is 5.56. The van der Waals surface area contributed by atoms with Gasteiger partial charge in [-0.2, -0.15) is 5.10 Å². The predicted molar refractivity (Wildman–Crippen MR) is 59.2 cm³/mol. The second-order valence-electron chi connectivity index (χ2n) is 3.54. The zero-order valence-electron chi connectivity index (χ0n) is 9.45. The summed E-state index contributed by atoms with van der Waals surface area (Å²) in [5.41, 5.74) is 1.14. The van der Waals surface area contributed by atoms with E-state index in [1.807, 2.05) is 0 Å². The Morgan fingerprint density at radius 1 is 1.36 bits per heavy atom. The average Bonchev–Trinajstić information content (AvgIpc) is 2.65. The van der Waals surface area contributed by atoms with E-state index in [9.17, 15) is 0 Å². The Balaban J connectivity index is 2.57. The van der Waals surface area contributed by atoms with Crippen LogP contribution in [0.3, 0.4) is 0 Å². The van der Waals surface area contributed by atoms with Gasteiger partial charge in [0, 0.05) is 12.7 Å². The Morgan fingerprint density at radius 3 is 2.64 bits per heavy atom. The highest BCUT2D eigenvalue weighted by Gasteiger charge is 2.06. The number of nitrogens with one attached hydrogen (secondary N) is 1. The van der Waals surface area contributed by atoms with Crippen molar-refractivity contribution in [3.63, 3.8) is 0 Å². The van der Waals surface area contributed by atoms with Crippen LogP contribution in [0, 0.1) is 0 Å². The van der Waals surface area contributed by atoms with Gasteiger partial charge in [-0.3, -0.25) is 4.68 Å². The maximum Gasteiger partial charge on any atom is 0.0762 e. The maximum absolute atomic E-state index is 4.54. The van der Waals surface area contributed by atoms with Gasteiger partial charge < -0.3 is 5.32 Å². The van der Waals surface area contributed by atoms with Crippen LogP contribution in [0.2, 0.25) is 0 Å². The molecule has 3 heteroatoms. The molecule has 0 aliphatic carbocycles. The summed E-state index contributed by atoms with van der Waals surface area (Å²) in [7, 11) is 0. The summed E-state index contributed by atoms with van der Waals surface area (Å²) in [4.78, 5) is 0. The molecule has 1 heterocycles. The second kappa shape index (κ2) is 5.81. The van der Waals surface area contributed by atoms with Gasteiger partial charge >= 0.3 is 0 Å². The van der Waals surface area contributed by atoms with Crippen molar-refractivity contribution < 1.29 is 0 Å². The molecule has 0 aliphatic rings. The van der Waals surface area contributed by atoms with E-state index >= 15 is 0 Å². The van der Waals surface area contributed by atoms with Gasteiger partial charge in [0.05, 0.1) is 11.7 Å². The molecule has 1 aromatic rings. The predicted octanol–water partition coefficient (Wildman–Crippen LogP) is 2.35. The molecule has 0 saturated heterocycles. The fourth-order valence-corrected chi connectivity index (χ4v) is 1.59. The lowest BCUT2D eigenvalue weighted by Gasteiger charge is -2.12. The van der Waals surface area contributed by atoms with E-state index in [1.54, 1.807) is 0 Å². The van der Waals surface area contributed by atoms with Crippen molar-refractivity contribution in [2.24, 2.45) is 0 Å². The molecule has 0 fully saturated rings. The van der Waals surface area contributed by atoms with E-state index in [0.717, 1.165) is 31.6 Å². The first-order chi connectivity index (χ1) is 6.81. The molecule has 0 saturated carbocycles. The zero-order valence-corrected chi connectivity index (χ0v) is 9.45. The van der Waals surface area contributed by atoms with Crippen molar-refractivity contribution in [3.8, 4) is 0 Å². The van der Waals surface area contributed by atoms with Gasteiger partial charge in [-0.05, 0) is 25.5 Å². The van der Waals surface area contributed by atoms with E-state index < -0.39 is 0 Å². The number of nitrogens with zero attached hydrogens (tertiary/aromatic N) is 2. The largest absolute Gasteiger partial charge is 0.311 e. The monoisotopic (exact) mass is 195 g/mol. The van der Waals surface area contributed by atoms with Crippen LogP contribution in [0.5, 0.6) is 0 Å². The van der Waals surface area contributed by atoms with Crippen molar-refractivity contribution in [2.75, 3.05) is 6.54 Å². The molecule has 0 radical (unpaired) electrons. The van der Waals surface area contributed by atoms with Gasteiger partial charge in [0.25, 0.3) is 0 Å². The molecule has 80 valence electrons. The van der Waals surface area contributed by atoms with Gasteiger partial charge in [0.2, 0.25) is 0 Å². The minimum absolute atomic E-state index is 0.561. The Morgan fingerprint density at radius 2 is 2.07 bits per heavy atom. The SMILES string of the molecule is CCNCc1ccn(C(CC)CC)n1. The van der Waals surface area contributed by atoms with Crippen LogP contribution in [-0.4, -0.2) is 16.3 Å². The molecule has 0 bridgehead atoms. The van der Waals surface area contributed by atoms with Gasteiger partial charge in [-0.25, -0.2) is 0 Å². The summed E-state index contributed by atoms with van der Waals surface area (Å²) in [6.45, 7) is 8.40. The molecular formula is C11H21N3. The highest BCUT2D eigenvalue weighted by molar-refractivity contribution is 4.99. The first-order valence-electron chi connectivity index (χ1n) is 5.56. The molecule has 0 spiro atoms. The topological polar surface area (TPSA) is 29.9 Å². The lowest BCUT2D eigenvalue weighted by Crippen LogP contribution is -2.13. The summed E-state index contributed by atoms with van der Waals surface area (Å²) in [6, 6.07) is 2.66. The van der Waals surface area contributed by atoms with Gasteiger partial charge in [0.1, 0.15) is 0 Å². The van der Waals surface area contributed by atoms with E-state index in [2.05, 4.69) is 48.1 Å². The third-order valence-electron chi connectivity index (χ3n) is 2.54. The molecular weight excluding hydrogens is 174 g/mol. The summed E-state index contributed by atoms with van der Waals surface area (Å²) in [5.74, 6) is 0. The van der Waals surface area contributed by atoms with Crippen LogP contribution in [0.1, 0.15) is 45.3 Å². The van der Waals surface area contributed by atoms with Gasteiger partial charge in [0.15, 0.2) is 0 Å². The summed E-state index contributed by atoms with van der Waals surface area (Å²) in [5, 5.41) is 7.82. The Hall–Kier alpha value is -0.830. The molecule has 0 atom stereocenters. The zero-order chi connectivity index (χ0) is 10.4. The summed E-state index contributed by atoms with van der Waals surface area (Å²) in [6.07, 6.45) is 4.39. The molecule has 0 aromatic carbocycles. The molecule has 0 amide bonds.